The lowest BCUT2D eigenvalue weighted by molar-refractivity contribution is 0.458. The van der Waals surface area contributed by atoms with Gasteiger partial charge < -0.3 is 4.74 Å². The molecule has 0 bridgehead atoms. The Morgan fingerprint density at radius 3 is 2.65 bits per heavy atom. The van der Waals surface area contributed by atoms with Gasteiger partial charge in [-0.2, -0.15) is 10.2 Å². The number of nitrogens with zero attached hydrogens (tertiary/aromatic N) is 3. The van der Waals surface area contributed by atoms with Gasteiger partial charge in [-0.15, -0.1) is 0 Å². The van der Waals surface area contributed by atoms with Crippen LogP contribution in [0.25, 0.3) is 0 Å². The van der Waals surface area contributed by atoms with Gasteiger partial charge in [0.15, 0.2) is 0 Å². The van der Waals surface area contributed by atoms with E-state index < -0.39 is 0 Å². The second-order valence-corrected chi connectivity index (χ2v) is 5.13. The summed E-state index contributed by atoms with van der Waals surface area (Å²) < 4.78 is 5.69. The Morgan fingerprint density at radius 2 is 2.00 bits per heavy atom. The third kappa shape index (κ3) is 3.06. The molecule has 0 spiro atoms. The Labute approximate surface area is 122 Å². The number of ether oxygens (including phenoxy) is 1. The van der Waals surface area contributed by atoms with Crippen LogP contribution in [0.5, 0.6) is 11.6 Å². The maximum absolute atomic E-state index is 8.63. The fraction of sp³-hybridized carbons (Fsp3) is 0.267. The Bertz CT molecular complexity index is 660. The molecular formula is C15H12ClN3O. The summed E-state index contributed by atoms with van der Waals surface area (Å²) in [7, 11) is 0. The predicted octanol–water partition coefficient (Wildman–Crippen LogP) is 3.87. The molecule has 1 aliphatic carbocycles. The number of aromatic nitrogens is 2. The third-order valence-electron chi connectivity index (χ3n) is 3.06. The van der Waals surface area contributed by atoms with Gasteiger partial charge in [0.25, 0.3) is 0 Å². The maximum atomic E-state index is 8.63. The summed E-state index contributed by atoms with van der Waals surface area (Å²) in [6.45, 7) is 0. The molecule has 0 aliphatic heterocycles. The van der Waals surface area contributed by atoms with Gasteiger partial charge in [0.2, 0.25) is 5.88 Å². The first-order chi connectivity index (χ1) is 9.74. The molecule has 0 radical (unpaired) electrons. The number of rotatable bonds is 4. The molecule has 3 rings (SSSR count). The highest BCUT2D eigenvalue weighted by Gasteiger charge is 2.27. The molecule has 0 unspecified atom stereocenters. The monoisotopic (exact) mass is 285 g/mol. The molecule has 0 N–H and O–H groups in total. The van der Waals surface area contributed by atoms with E-state index in [2.05, 4.69) is 16.0 Å². The van der Waals surface area contributed by atoms with Crippen LogP contribution in [0.15, 0.2) is 30.3 Å². The van der Waals surface area contributed by atoms with E-state index in [0.717, 1.165) is 24.2 Å². The van der Waals surface area contributed by atoms with E-state index in [9.17, 15) is 0 Å². The minimum Gasteiger partial charge on any atom is -0.439 e. The molecule has 1 fully saturated rings. The molecule has 0 amide bonds. The summed E-state index contributed by atoms with van der Waals surface area (Å²) in [5, 5.41) is 9.03. The number of nitriles is 1. The first kappa shape index (κ1) is 12.9. The summed E-state index contributed by atoms with van der Waals surface area (Å²) in [5.41, 5.74) is 0.958. The minimum absolute atomic E-state index is 0.394. The smallest absolute Gasteiger partial charge is 0.224 e. The molecule has 4 nitrogen and oxygen atoms in total. The van der Waals surface area contributed by atoms with Gasteiger partial charge in [-0.3, -0.25) is 0 Å². The van der Waals surface area contributed by atoms with E-state index in [1.807, 2.05) is 24.3 Å². The van der Waals surface area contributed by atoms with Gasteiger partial charge in [0.05, 0.1) is 12.5 Å². The minimum atomic E-state index is 0.394. The Kier molecular flexibility index (Phi) is 3.53. The Balaban J connectivity index is 1.78. The lowest BCUT2D eigenvalue weighted by Crippen LogP contribution is -1.96. The SMILES string of the molecule is N#CCc1ccc(Oc2cc(Cl)nc(C3CC3)n2)cc1. The highest BCUT2D eigenvalue weighted by molar-refractivity contribution is 6.29. The van der Waals surface area contributed by atoms with E-state index >= 15 is 0 Å². The average molecular weight is 286 g/mol. The molecule has 5 heteroatoms. The second kappa shape index (κ2) is 5.48. The largest absolute Gasteiger partial charge is 0.439 e. The van der Waals surface area contributed by atoms with Crippen molar-refractivity contribution in [1.82, 2.24) is 9.97 Å². The van der Waals surface area contributed by atoms with Crippen LogP contribution in [0.2, 0.25) is 5.15 Å². The highest BCUT2D eigenvalue weighted by Crippen LogP contribution is 2.39. The molecule has 1 heterocycles. The lowest BCUT2D eigenvalue weighted by atomic mass is 10.2. The molecule has 0 saturated heterocycles. The number of hydrogen-bond donors (Lipinski definition) is 0. The normalized spacial score (nSPS) is 13.8. The van der Waals surface area contributed by atoms with Crippen molar-refractivity contribution in [3.63, 3.8) is 0 Å². The zero-order chi connectivity index (χ0) is 13.9. The molecule has 0 atom stereocenters. The van der Waals surface area contributed by atoms with Gasteiger partial charge in [0.1, 0.15) is 16.7 Å². The van der Waals surface area contributed by atoms with Crippen LogP contribution in [0.3, 0.4) is 0 Å². The van der Waals surface area contributed by atoms with Crippen LogP contribution in [0.1, 0.15) is 30.1 Å². The standard InChI is InChI=1S/C15H12ClN3O/c16-13-9-14(19-15(18-13)11-3-4-11)20-12-5-1-10(2-6-12)7-8-17/h1-2,5-6,9,11H,3-4,7H2. The Morgan fingerprint density at radius 1 is 1.25 bits per heavy atom. The first-order valence-electron chi connectivity index (χ1n) is 6.43. The van der Waals surface area contributed by atoms with Crippen molar-refractivity contribution in [2.45, 2.75) is 25.2 Å². The molecule has 1 aromatic heterocycles. The number of benzene rings is 1. The van der Waals surface area contributed by atoms with Crippen LogP contribution in [-0.2, 0) is 6.42 Å². The van der Waals surface area contributed by atoms with E-state index in [0.29, 0.717) is 29.1 Å². The van der Waals surface area contributed by atoms with Crippen molar-refractivity contribution in [3.8, 4) is 17.7 Å². The van der Waals surface area contributed by atoms with Gasteiger partial charge >= 0.3 is 0 Å². The zero-order valence-electron chi connectivity index (χ0n) is 10.7. The van der Waals surface area contributed by atoms with Crippen molar-refractivity contribution in [3.05, 3.63) is 46.9 Å². The maximum Gasteiger partial charge on any atom is 0.224 e. The summed E-state index contributed by atoms with van der Waals surface area (Å²) in [6, 6.07) is 11.1. The summed E-state index contributed by atoms with van der Waals surface area (Å²) in [5.74, 6) is 2.31. The molecule has 1 saturated carbocycles. The van der Waals surface area contributed by atoms with Crippen molar-refractivity contribution >= 4 is 11.6 Å². The first-order valence-corrected chi connectivity index (χ1v) is 6.80. The van der Waals surface area contributed by atoms with Crippen LogP contribution in [0.4, 0.5) is 0 Å². The summed E-state index contributed by atoms with van der Waals surface area (Å²) in [4.78, 5) is 8.59. The van der Waals surface area contributed by atoms with E-state index in [4.69, 9.17) is 21.6 Å². The van der Waals surface area contributed by atoms with Crippen molar-refractivity contribution in [2.24, 2.45) is 0 Å². The molecule has 1 aromatic carbocycles. The lowest BCUT2D eigenvalue weighted by Gasteiger charge is -2.07. The van der Waals surface area contributed by atoms with Crippen LogP contribution in [-0.4, -0.2) is 9.97 Å². The van der Waals surface area contributed by atoms with Gasteiger partial charge in [-0.05, 0) is 30.5 Å². The second-order valence-electron chi connectivity index (χ2n) is 4.74. The van der Waals surface area contributed by atoms with Gasteiger partial charge in [-0.25, -0.2) is 4.98 Å². The number of halogens is 1. The van der Waals surface area contributed by atoms with Crippen LogP contribution >= 0.6 is 11.6 Å². The topological polar surface area (TPSA) is 58.8 Å². The van der Waals surface area contributed by atoms with E-state index in [1.165, 1.54) is 0 Å². The average Bonchev–Trinajstić information content (AvgIpc) is 3.25. The van der Waals surface area contributed by atoms with E-state index in [-0.39, 0.29) is 0 Å². The zero-order valence-corrected chi connectivity index (χ0v) is 11.5. The quantitative estimate of drug-likeness (QED) is 0.800. The fourth-order valence-corrected chi connectivity index (χ4v) is 2.06. The van der Waals surface area contributed by atoms with Gasteiger partial charge in [0, 0.05) is 12.0 Å². The predicted molar refractivity (Wildman–Crippen MR) is 74.9 cm³/mol. The molecule has 20 heavy (non-hydrogen) atoms. The molecule has 2 aromatic rings. The number of hydrogen-bond acceptors (Lipinski definition) is 4. The van der Waals surface area contributed by atoms with E-state index in [1.54, 1.807) is 6.07 Å². The van der Waals surface area contributed by atoms with Crippen molar-refractivity contribution in [1.29, 1.82) is 5.26 Å². The molecular weight excluding hydrogens is 274 g/mol. The third-order valence-corrected chi connectivity index (χ3v) is 3.25. The highest BCUT2D eigenvalue weighted by atomic mass is 35.5. The van der Waals surface area contributed by atoms with Gasteiger partial charge in [-0.1, -0.05) is 23.7 Å². The van der Waals surface area contributed by atoms with Crippen LogP contribution in [0, 0.1) is 11.3 Å². The Hall–Kier alpha value is -2.12. The fourth-order valence-electron chi connectivity index (χ4n) is 1.88. The van der Waals surface area contributed by atoms with Crippen molar-refractivity contribution < 1.29 is 4.74 Å². The molecule has 100 valence electrons. The van der Waals surface area contributed by atoms with Crippen molar-refractivity contribution in [2.75, 3.05) is 0 Å². The van der Waals surface area contributed by atoms with Crippen LogP contribution < -0.4 is 4.74 Å². The summed E-state index contributed by atoms with van der Waals surface area (Å²) in [6.07, 6.45) is 2.62. The molecule has 1 aliphatic rings. The summed E-state index contributed by atoms with van der Waals surface area (Å²) >= 11 is 5.99.